The van der Waals surface area contributed by atoms with E-state index in [1.807, 2.05) is 18.2 Å². The fourth-order valence-electron chi connectivity index (χ4n) is 3.08. The summed E-state index contributed by atoms with van der Waals surface area (Å²) in [6.07, 6.45) is 2.09. The number of nitrogens with one attached hydrogen (secondary N) is 1. The molecular weight excluding hydrogens is 410 g/mol. The fourth-order valence-corrected chi connectivity index (χ4v) is 3.92. The maximum atomic E-state index is 12.7. The second kappa shape index (κ2) is 8.28. The molecule has 0 radical (unpaired) electrons. The Hall–Kier alpha value is -2.81. The monoisotopic (exact) mass is 427 g/mol. The minimum Gasteiger partial charge on any atom is -0.400 e. The molecule has 0 fully saturated rings. The highest BCUT2D eigenvalue weighted by molar-refractivity contribution is 7.98. The first kappa shape index (κ1) is 19.5. The Balaban J connectivity index is 1.39. The molecule has 9 heteroatoms. The van der Waals surface area contributed by atoms with Gasteiger partial charge in [-0.1, -0.05) is 35.9 Å². The van der Waals surface area contributed by atoms with E-state index in [9.17, 15) is 9.90 Å². The van der Waals surface area contributed by atoms with Crippen LogP contribution in [-0.2, 0) is 4.79 Å². The minimum absolute atomic E-state index is 0.243. The van der Waals surface area contributed by atoms with Crippen LogP contribution in [0.25, 0.3) is 10.9 Å². The number of amides is 1. The van der Waals surface area contributed by atoms with E-state index < -0.39 is 12.0 Å². The van der Waals surface area contributed by atoms with Gasteiger partial charge in [0.2, 0.25) is 0 Å². The molecule has 0 saturated carbocycles. The number of aliphatic hydroxyl groups is 1. The Morgan fingerprint density at radius 1 is 1.34 bits per heavy atom. The molecular formula is C20H18ClN5O2S. The summed E-state index contributed by atoms with van der Waals surface area (Å²) in [7, 11) is 0. The molecule has 0 spiro atoms. The van der Waals surface area contributed by atoms with E-state index in [1.165, 1.54) is 16.8 Å². The van der Waals surface area contributed by atoms with Crippen LogP contribution in [0.1, 0.15) is 11.7 Å². The van der Waals surface area contributed by atoms with Crippen molar-refractivity contribution in [2.75, 3.05) is 13.1 Å². The quantitative estimate of drug-likeness (QED) is 0.428. The van der Waals surface area contributed by atoms with Gasteiger partial charge in [-0.3, -0.25) is 9.89 Å². The van der Waals surface area contributed by atoms with Crippen LogP contribution in [0.5, 0.6) is 0 Å². The summed E-state index contributed by atoms with van der Waals surface area (Å²) in [4.78, 5) is 15.1. The lowest BCUT2D eigenvalue weighted by molar-refractivity contribution is -0.139. The molecule has 2 heterocycles. The third kappa shape index (κ3) is 4.14. The van der Waals surface area contributed by atoms with Gasteiger partial charge in [0.05, 0.1) is 18.3 Å². The van der Waals surface area contributed by atoms with Crippen molar-refractivity contribution in [2.24, 2.45) is 10.1 Å². The third-order valence-corrected chi connectivity index (χ3v) is 5.68. The van der Waals surface area contributed by atoms with Crippen molar-refractivity contribution in [3.8, 4) is 0 Å². The van der Waals surface area contributed by atoms with E-state index in [2.05, 4.69) is 14.6 Å². The average Bonchev–Trinajstić information content (AvgIpc) is 3.33. The van der Waals surface area contributed by atoms with E-state index in [0.717, 1.165) is 21.4 Å². The Morgan fingerprint density at radius 2 is 2.17 bits per heavy atom. The first-order valence-electron chi connectivity index (χ1n) is 8.85. The van der Waals surface area contributed by atoms with Crippen molar-refractivity contribution >= 4 is 46.6 Å². The molecule has 1 aliphatic heterocycles. The number of hydrogen-bond donors (Lipinski definition) is 3. The number of nitrogens with two attached hydrogens (primary N) is 1. The third-order valence-electron chi connectivity index (χ3n) is 4.66. The SMILES string of the molecule is NC1=C(C=NSc2ccc3cn[nH]c3c2)CN(C(=O)C(O)c2ccccc2Cl)C1. The zero-order valence-corrected chi connectivity index (χ0v) is 16.8. The zero-order chi connectivity index (χ0) is 20.4. The molecule has 1 amide bonds. The van der Waals surface area contributed by atoms with Gasteiger partial charge in [0.25, 0.3) is 5.91 Å². The van der Waals surface area contributed by atoms with Gasteiger partial charge in [0.15, 0.2) is 6.10 Å². The molecule has 2 aromatic carbocycles. The summed E-state index contributed by atoms with van der Waals surface area (Å²) in [5, 5.41) is 18.7. The van der Waals surface area contributed by atoms with E-state index >= 15 is 0 Å². The highest BCUT2D eigenvalue weighted by Gasteiger charge is 2.30. The van der Waals surface area contributed by atoms with Gasteiger partial charge in [-0.25, -0.2) is 4.40 Å². The summed E-state index contributed by atoms with van der Waals surface area (Å²) in [6.45, 7) is 0.530. The lowest BCUT2D eigenvalue weighted by Crippen LogP contribution is -2.34. The number of rotatable bonds is 5. The Labute approximate surface area is 176 Å². The topological polar surface area (TPSA) is 108 Å². The van der Waals surface area contributed by atoms with Crippen LogP contribution in [0, 0.1) is 0 Å². The van der Waals surface area contributed by atoms with Crippen molar-refractivity contribution in [1.82, 2.24) is 15.1 Å². The second-order valence-corrected chi connectivity index (χ2v) is 7.89. The van der Waals surface area contributed by atoms with Gasteiger partial charge in [-0.05, 0) is 18.2 Å². The van der Waals surface area contributed by atoms with Gasteiger partial charge in [-0.2, -0.15) is 5.10 Å². The number of benzene rings is 2. The largest absolute Gasteiger partial charge is 0.400 e. The summed E-state index contributed by atoms with van der Waals surface area (Å²) in [5.74, 6) is -0.443. The van der Waals surface area contributed by atoms with E-state index in [1.54, 1.807) is 36.7 Å². The van der Waals surface area contributed by atoms with Crippen molar-refractivity contribution in [2.45, 2.75) is 11.0 Å². The Morgan fingerprint density at radius 3 is 3.00 bits per heavy atom. The smallest absolute Gasteiger partial charge is 0.256 e. The molecule has 0 bridgehead atoms. The molecule has 3 aromatic rings. The molecule has 7 nitrogen and oxygen atoms in total. The van der Waals surface area contributed by atoms with E-state index in [-0.39, 0.29) is 13.1 Å². The molecule has 0 saturated heterocycles. The second-order valence-electron chi connectivity index (χ2n) is 6.61. The van der Waals surface area contributed by atoms with Crippen LogP contribution in [0.3, 0.4) is 0 Å². The highest BCUT2D eigenvalue weighted by atomic mass is 35.5. The van der Waals surface area contributed by atoms with Crippen LogP contribution >= 0.6 is 23.5 Å². The molecule has 1 aromatic heterocycles. The van der Waals surface area contributed by atoms with Crippen molar-refractivity contribution in [3.05, 3.63) is 70.5 Å². The van der Waals surface area contributed by atoms with Crippen LogP contribution in [0.2, 0.25) is 5.02 Å². The molecule has 4 N–H and O–H groups in total. The number of halogens is 1. The fraction of sp³-hybridized carbons (Fsp3) is 0.150. The van der Waals surface area contributed by atoms with E-state index in [0.29, 0.717) is 16.3 Å². The Bertz CT molecular complexity index is 1130. The van der Waals surface area contributed by atoms with E-state index in [4.69, 9.17) is 17.3 Å². The van der Waals surface area contributed by atoms with Crippen molar-refractivity contribution in [1.29, 1.82) is 0 Å². The van der Waals surface area contributed by atoms with Crippen LogP contribution in [0.4, 0.5) is 0 Å². The molecule has 4 rings (SSSR count). The number of aliphatic hydroxyl groups excluding tert-OH is 1. The van der Waals surface area contributed by atoms with Gasteiger partial charge in [0.1, 0.15) is 0 Å². The number of fused-ring (bicyclic) bond motifs is 1. The minimum atomic E-state index is -1.33. The number of nitrogens with zero attached hydrogens (tertiary/aromatic N) is 3. The predicted molar refractivity (Wildman–Crippen MR) is 115 cm³/mol. The maximum Gasteiger partial charge on any atom is 0.256 e. The maximum absolute atomic E-state index is 12.7. The molecule has 1 unspecified atom stereocenters. The average molecular weight is 428 g/mol. The number of hydrogen-bond acceptors (Lipinski definition) is 6. The summed E-state index contributed by atoms with van der Waals surface area (Å²) >= 11 is 7.39. The normalized spacial score (nSPS) is 15.6. The molecule has 0 aliphatic carbocycles. The Kier molecular flexibility index (Phi) is 5.57. The van der Waals surface area contributed by atoms with Gasteiger partial charge >= 0.3 is 0 Å². The predicted octanol–water partition coefficient (Wildman–Crippen LogP) is 3.08. The summed E-state index contributed by atoms with van der Waals surface area (Å²) < 4.78 is 4.37. The lowest BCUT2D eigenvalue weighted by Gasteiger charge is -2.20. The van der Waals surface area contributed by atoms with Crippen LogP contribution in [0.15, 0.2) is 69.2 Å². The first-order valence-corrected chi connectivity index (χ1v) is 10.0. The molecule has 29 heavy (non-hydrogen) atoms. The number of carbonyl (C=O) groups excluding carboxylic acids is 1. The highest BCUT2D eigenvalue weighted by Crippen LogP contribution is 2.27. The van der Waals surface area contributed by atoms with Gasteiger partial charge in [0, 0.05) is 56.8 Å². The number of aromatic amines is 1. The van der Waals surface area contributed by atoms with Crippen LogP contribution < -0.4 is 5.73 Å². The van der Waals surface area contributed by atoms with Gasteiger partial charge in [-0.15, -0.1) is 0 Å². The number of aromatic nitrogens is 2. The summed E-state index contributed by atoms with van der Waals surface area (Å²) in [6, 6.07) is 12.6. The van der Waals surface area contributed by atoms with Crippen molar-refractivity contribution < 1.29 is 9.90 Å². The van der Waals surface area contributed by atoms with Crippen molar-refractivity contribution in [3.63, 3.8) is 0 Å². The first-order chi connectivity index (χ1) is 14.0. The lowest BCUT2D eigenvalue weighted by atomic mass is 10.1. The zero-order valence-electron chi connectivity index (χ0n) is 15.2. The van der Waals surface area contributed by atoms with Gasteiger partial charge < -0.3 is 15.7 Å². The number of carbonyl (C=O) groups is 1. The molecule has 1 aliphatic rings. The summed E-state index contributed by atoms with van der Waals surface area (Å²) in [5.41, 5.74) is 8.70. The number of H-pyrrole nitrogens is 1. The molecule has 1 atom stereocenters. The van der Waals surface area contributed by atoms with Crippen LogP contribution in [-0.4, -0.2) is 45.4 Å². The molecule has 148 valence electrons. The standard InChI is InChI=1S/C20H18ClN5O2S/c21-16-4-2-1-3-15(16)19(27)20(28)26-10-13(17(22)11-26)9-24-29-14-6-5-12-8-23-25-18(12)7-14/h1-9,19,27H,10-11,22H2,(H,23,25).